The second-order valence-corrected chi connectivity index (χ2v) is 7.90. The molecule has 28 heavy (non-hydrogen) atoms. The van der Waals surface area contributed by atoms with E-state index in [4.69, 9.17) is 18.9 Å². The largest absolute Gasteiger partial charge is 0.456 e. The molecular weight excluding hydrogens is 380 g/mol. The van der Waals surface area contributed by atoms with Crippen molar-refractivity contribution in [2.45, 2.75) is 81.0 Å². The Labute approximate surface area is 161 Å². The van der Waals surface area contributed by atoms with E-state index < -0.39 is 72.8 Å². The van der Waals surface area contributed by atoms with Crippen LogP contribution < -0.4 is 0 Å². The van der Waals surface area contributed by atoms with Gasteiger partial charge in [-0.1, -0.05) is 0 Å². The predicted octanol–water partition coefficient (Wildman–Crippen LogP) is -3.02. The maximum atomic E-state index is 11.6. The summed E-state index contributed by atoms with van der Waals surface area (Å²) in [7, 11) is 0. The lowest BCUT2D eigenvalue weighted by molar-refractivity contribution is -0.366. The van der Waals surface area contributed by atoms with Crippen LogP contribution in [0.3, 0.4) is 0 Å². The van der Waals surface area contributed by atoms with Gasteiger partial charge in [0.2, 0.25) is 0 Å². The highest BCUT2D eigenvalue weighted by atomic mass is 16.8. The van der Waals surface area contributed by atoms with Gasteiger partial charge in [-0.3, -0.25) is 4.79 Å². The van der Waals surface area contributed by atoms with Gasteiger partial charge >= 0.3 is 5.97 Å². The molecule has 3 fully saturated rings. The van der Waals surface area contributed by atoms with Gasteiger partial charge in [-0.2, -0.15) is 0 Å². The fraction of sp³-hybridized carbons (Fsp3) is 0.941. The van der Waals surface area contributed by atoms with E-state index in [9.17, 15) is 35.4 Å². The van der Waals surface area contributed by atoms with Gasteiger partial charge in [-0.05, 0) is 6.92 Å². The molecule has 0 unspecified atom stereocenters. The number of aliphatic hydroxyl groups is 6. The molecule has 0 aromatic heterocycles. The number of esters is 1. The van der Waals surface area contributed by atoms with Crippen molar-refractivity contribution >= 4 is 5.97 Å². The monoisotopic (exact) mass is 408 g/mol. The lowest BCUT2D eigenvalue weighted by Gasteiger charge is -2.47. The predicted molar refractivity (Wildman–Crippen MR) is 88.4 cm³/mol. The van der Waals surface area contributed by atoms with Crippen LogP contribution in [0.25, 0.3) is 0 Å². The molecule has 2 heterocycles. The third kappa shape index (κ3) is 3.55. The molecule has 1 saturated carbocycles. The SMILES string of the molecule is CC(=O)O[C@@]1(C)[C@@H](O)C[C@]2(O)CCO[C@@H](O[C@@H]3O[C@H](CO)[C@@H](O)[C@H](O)[C@H]3O)[C@@H]21. The zero-order valence-electron chi connectivity index (χ0n) is 15.7. The number of hydrogen-bond donors (Lipinski definition) is 6. The maximum absolute atomic E-state index is 11.6. The Morgan fingerprint density at radius 3 is 2.43 bits per heavy atom. The molecule has 0 amide bonds. The Morgan fingerprint density at radius 2 is 1.82 bits per heavy atom. The molecule has 6 N–H and O–H groups in total. The molecule has 0 aromatic rings. The molecule has 0 radical (unpaired) electrons. The van der Waals surface area contributed by atoms with Gasteiger partial charge in [0.1, 0.15) is 30.0 Å². The highest BCUT2D eigenvalue weighted by molar-refractivity contribution is 5.66. The molecule has 10 atom stereocenters. The first-order chi connectivity index (χ1) is 13.0. The van der Waals surface area contributed by atoms with Crippen molar-refractivity contribution in [3.63, 3.8) is 0 Å². The van der Waals surface area contributed by atoms with Crippen LogP contribution in [0.15, 0.2) is 0 Å². The molecule has 0 spiro atoms. The zero-order chi connectivity index (χ0) is 20.9. The van der Waals surface area contributed by atoms with Crippen LogP contribution in [0.2, 0.25) is 0 Å². The molecular formula is C17H28O11. The van der Waals surface area contributed by atoms with Crippen molar-refractivity contribution < 1.29 is 54.4 Å². The summed E-state index contributed by atoms with van der Waals surface area (Å²) in [5.74, 6) is -1.68. The first kappa shape index (κ1) is 21.8. The Morgan fingerprint density at radius 1 is 1.14 bits per heavy atom. The van der Waals surface area contributed by atoms with E-state index in [1.54, 1.807) is 0 Å². The van der Waals surface area contributed by atoms with Crippen LogP contribution in [-0.4, -0.2) is 104 Å². The van der Waals surface area contributed by atoms with Gasteiger partial charge in [0, 0.05) is 19.8 Å². The minimum atomic E-state index is -1.66. The highest BCUT2D eigenvalue weighted by Gasteiger charge is 2.66. The first-order valence-electron chi connectivity index (χ1n) is 9.21. The smallest absolute Gasteiger partial charge is 0.303 e. The normalized spacial score (nSPS) is 51.6. The number of hydrogen-bond acceptors (Lipinski definition) is 11. The number of aliphatic hydroxyl groups excluding tert-OH is 5. The number of fused-ring (bicyclic) bond motifs is 1. The fourth-order valence-corrected chi connectivity index (χ4v) is 4.51. The third-order valence-corrected chi connectivity index (χ3v) is 5.97. The Bertz CT molecular complexity index is 585. The minimum absolute atomic E-state index is 0.0674. The molecule has 3 aliphatic rings. The number of ether oxygens (including phenoxy) is 4. The van der Waals surface area contributed by atoms with E-state index in [2.05, 4.69) is 0 Å². The molecule has 2 saturated heterocycles. The van der Waals surface area contributed by atoms with Crippen molar-refractivity contribution in [1.29, 1.82) is 0 Å². The molecule has 1 aliphatic carbocycles. The zero-order valence-corrected chi connectivity index (χ0v) is 15.7. The van der Waals surface area contributed by atoms with Gasteiger partial charge < -0.3 is 49.6 Å². The van der Waals surface area contributed by atoms with Gasteiger partial charge in [0.05, 0.1) is 30.8 Å². The topological polar surface area (TPSA) is 175 Å². The second-order valence-electron chi connectivity index (χ2n) is 7.90. The van der Waals surface area contributed by atoms with Crippen molar-refractivity contribution in [2.75, 3.05) is 13.2 Å². The minimum Gasteiger partial charge on any atom is -0.456 e. The Balaban J connectivity index is 1.85. The molecule has 3 rings (SSSR count). The molecule has 162 valence electrons. The number of rotatable bonds is 4. The van der Waals surface area contributed by atoms with E-state index in [1.807, 2.05) is 0 Å². The van der Waals surface area contributed by atoms with Crippen LogP contribution in [0.1, 0.15) is 26.7 Å². The Hall–Kier alpha value is -0.890. The van der Waals surface area contributed by atoms with E-state index in [1.165, 1.54) is 13.8 Å². The standard InChI is InChI=1S/C17H28O11/c1-7(19)28-16(2)9(20)5-17(24)3-4-25-15(13(16)17)27-14-12(23)11(22)10(21)8(6-18)26-14/h8-15,18,20-24H,3-6H2,1-2H3/t8-,9+,10-,11+,12-,13-,14+,15+,16+,17-/m1/s1. The first-order valence-corrected chi connectivity index (χ1v) is 9.21. The average molecular weight is 408 g/mol. The molecule has 0 bridgehead atoms. The molecule has 11 nitrogen and oxygen atoms in total. The van der Waals surface area contributed by atoms with Crippen molar-refractivity contribution in [3.8, 4) is 0 Å². The van der Waals surface area contributed by atoms with Crippen molar-refractivity contribution in [3.05, 3.63) is 0 Å². The van der Waals surface area contributed by atoms with E-state index in [0.717, 1.165) is 0 Å². The summed E-state index contributed by atoms with van der Waals surface area (Å²) < 4.78 is 21.9. The maximum Gasteiger partial charge on any atom is 0.303 e. The third-order valence-electron chi connectivity index (χ3n) is 5.97. The molecule has 11 heteroatoms. The summed E-state index contributed by atoms with van der Waals surface area (Å²) >= 11 is 0. The summed E-state index contributed by atoms with van der Waals surface area (Å²) in [6, 6.07) is 0. The molecule has 0 aromatic carbocycles. The summed E-state index contributed by atoms with van der Waals surface area (Å²) in [6.45, 7) is 2.07. The quantitative estimate of drug-likeness (QED) is 0.261. The average Bonchev–Trinajstić information content (AvgIpc) is 2.81. The molecule has 2 aliphatic heterocycles. The van der Waals surface area contributed by atoms with Crippen LogP contribution >= 0.6 is 0 Å². The fourth-order valence-electron chi connectivity index (χ4n) is 4.51. The highest BCUT2D eigenvalue weighted by Crippen LogP contribution is 2.52. The summed E-state index contributed by atoms with van der Waals surface area (Å²) in [5, 5.41) is 60.8. The van der Waals surface area contributed by atoms with Crippen molar-refractivity contribution in [1.82, 2.24) is 0 Å². The summed E-state index contributed by atoms with van der Waals surface area (Å²) in [4.78, 5) is 11.6. The van der Waals surface area contributed by atoms with E-state index >= 15 is 0 Å². The lowest BCUT2D eigenvalue weighted by Crippen LogP contribution is -2.63. The Kier molecular flexibility index (Phi) is 6.03. The number of carbonyl (C=O) groups is 1. The van der Waals surface area contributed by atoms with Crippen LogP contribution in [0, 0.1) is 5.92 Å². The van der Waals surface area contributed by atoms with Gasteiger partial charge in [0.15, 0.2) is 12.6 Å². The van der Waals surface area contributed by atoms with Crippen LogP contribution in [-0.2, 0) is 23.7 Å². The van der Waals surface area contributed by atoms with Crippen LogP contribution in [0.4, 0.5) is 0 Å². The van der Waals surface area contributed by atoms with Gasteiger partial charge in [0.25, 0.3) is 0 Å². The van der Waals surface area contributed by atoms with Gasteiger partial charge in [-0.25, -0.2) is 0 Å². The second kappa shape index (κ2) is 7.74. The lowest BCUT2D eigenvalue weighted by atomic mass is 9.79. The van der Waals surface area contributed by atoms with Crippen molar-refractivity contribution in [2.24, 2.45) is 5.92 Å². The summed E-state index contributed by atoms with van der Waals surface area (Å²) in [6.07, 6.45) is -9.89. The van der Waals surface area contributed by atoms with Gasteiger partial charge in [-0.15, -0.1) is 0 Å². The summed E-state index contributed by atoms with van der Waals surface area (Å²) in [5.41, 5.74) is -2.99. The van der Waals surface area contributed by atoms with Crippen LogP contribution in [0.5, 0.6) is 0 Å². The van der Waals surface area contributed by atoms with E-state index in [0.29, 0.717) is 0 Å². The number of carbonyl (C=O) groups excluding carboxylic acids is 1. The van der Waals surface area contributed by atoms with E-state index in [-0.39, 0.29) is 19.4 Å².